The molecule has 0 radical (unpaired) electrons. The summed E-state index contributed by atoms with van der Waals surface area (Å²) >= 11 is 0. The van der Waals surface area contributed by atoms with Crippen molar-refractivity contribution in [1.82, 2.24) is 40.9 Å². The van der Waals surface area contributed by atoms with E-state index in [2.05, 4.69) is 147 Å². The Labute approximate surface area is 568 Å². The number of methoxy groups -OCH3 is 1. The zero-order valence-electron chi connectivity index (χ0n) is 60.4. The van der Waals surface area contributed by atoms with Gasteiger partial charge in [-0.1, -0.05) is 116 Å². The molecule has 93 heavy (non-hydrogen) atoms. The maximum absolute atomic E-state index is 14.3. The van der Waals surface area contributed by atoms with E-state index in [4.69, 9.17) is 9.47 Å². The standard InChI is InChI=1S/C28H47N3O2.C25H38FN3O2.C25H40N2O2.4H2/c1-22(10-9-15-27(2,3)33-6)14-19-31-20-17-28(18-21-31)16-13-25(29-26(32)30(4)5)23-11-7-8-12-24(23)28;1-18(30)27-13-8-23(31)28-22-7-9-25(21-17-19(26)5-6-20(21)22)11-15-29(16-12-25)14-10-24(2,3)4;1-5-29-19-11-23(28)26-22-10-12-25(21-9-7-6-8-20(21)22)14-17-27(18-15-25)16-13-24(2,3)4;;;;/h7-8,11-12,22,25H,9-10,13-21H2,1-6H3,(H,29,32);5-6,17,22H,7-16H2,1-4H3,(H,27,30)(H,28,31);6-9,22H,5,10-19H2,1-4H3,(H,26,28);4*1H/t22?,25-;2*22-;;;;/m010..../s1. The quantitative estimate of drug-likeness (QED) is 0.0722. The van der Waals surface area contributed by atoms with E-state index in [0.717, 1.165) is 81.6 Å². The third-order valence-corrected chi connectivity index (χ3v) is 22.1. The van der Waals surface area contributed by atoms with Gasteiger partial charge in [-0.15, -0.1) is 0 Å². The molecule has 6 aliphatic rings. The number of fused-ring (bicyclic) bond motifs is 6. The molecule has 3 fully saturated rings. The summed E-state index contributed by atoms with van der Waals surface area (Å²) in [5.41, 5.74) is 9.10. The Kier molecular flexibility index (Phi) is 27.9. The lowest BCUT2D eigenvalue weighted by Crippen LogP contribution is -2.47. The third-order valence-electron chi connectivity index (χ3n) is 22.1. The third kappa shape index (κ3) is 22.3. The lowest BCUT2D eigenvalue weighted by molar-refractivity contribution is -0.123. The number of likely N-dealkylation sites (tertiary alicyclic amines) is 3. The number of carbonyl (C=O) groups is 4. The zero-order chi connectivity index (χ0) is 67.6. The first-order valence-electron chi connectivity index (χ1n) is 36.2. The molecule has 0 saturated carbocycles. The molecule has 9 rings (SSSR count). The molecule has 3 aromatic rings. The van der Waals surface area contributed by atoms with Gasteiger partial charge < -0.3 is 50.3 Å². The van der Waals surface area contributed by atoms with Crippen molar-refractivity contribution in [3.63, 3.8) is 0 Å². The van der Waals surface area contributed by atoms with Crippen LogP contribution in [-0.4, -0.2) is 149 Å². The normalized spacial score (nSPS) is 21.3. The van der Waals surface area contributed by atoms with Crippen LogP contribution in [0.5, 0.6) is 0 Å². The van der Waals surface area contributed by atoms with Gasteiger partial charge in [0.15, 0.2) is 0 Å². The molecule has 4 atom stereocenters. The van der Waals surface area contributed by atoms with Crippen molar-refractivity contribution in [2.24, 2.45) is 16.7 Å². The zero-order valence-corrected chi connectivity index (χ0v) is 60.4. The average molecular weight is 1300 g/mol. The van der Waals surface area contributed by atoms with Gasteiger partial charge in [-0.3, -0.25) is 14.4 Å². The molecule has 3 spiro atoms. The summed E-state index contributed by atoms with van der Waals surface area (Å²) in [5.74, 6) is 0.450. The molecule has 14 nitrogen and oxygen atoms in total. The van der Waals surface area contributed by atoms with Crippen LogP contribution in [0.1, 0.15) is 262 Å². The molecule has 1 unspecified atom stereocenters. The molecular formula is C78H133FN8O6. The van der Waals surface area contributed by atoms with E-state index in [1.54, 1.807) is 11.0 Å². The highest BCUT2D eigenvalue weighted by Gasteiger charge is 2.45. The minimum atomic E-state index is -0.203. The van der Waals surface area contributed by atoms with Crippen molar-refractivity contribution in [1.29, 1.82) is 0 Å². The minimum absolute atomic E-state index is 0. The van der Waals surface area contributed by atoms with Crippen molar-refractivity contribution >= 4 is 23.8 Å². The van der Waals surface area contributed by atoms with E-state index < -0.39 is 0 Å². The summed E-state index contributed by atoms with van der Waals surface area (Å²) in [6.07, 6.45) is 21.3. The summed E-state index contributed by atoms with van der Waals surface area (Å²) in [5, 5.41) is 12.3. The minimum Gasteiger partial charge on any atom is -0.381 e. The van der Waals surface area contributed by atoms with Crippen LogP contribution in [0.2, 0.25) is 0 Å². The molecule has 15 heteroatoms. The first-order valence-corrected chi connectivity index (χ1v) is 36.2. The largest absolute Gasteiger partial charge is 0.381 e. The Morgan fingerprint density at radius 3 is 1.49 bits per heavy atom. The summed E-state index contributed by atoms with van der Waals surface area (Å²) in [6.45, 7) is 35.9. The van der Waals surface area contributed by atoms with Crippen molar-refractivity contribution in [3.05, 3.63) is 106 Å². The van der Waals surface area contributed by atoms with E-state index in [9.17, 15) is 23.6 Å². The predicted molar refractivity (Wildman–Crippen MR) is 385 cm³/mol. The predicted octanol–water partition coefficient (Wildman–Crippen LogP) is 15.6. The molecular weight excluding hydrogens is 1160 g/mol. The van der Waals surface area contributed by atoms with Crippen molar-refractivity contribution in [2.75, 3.05) is 99.9 Å². The van der Waals surface area contributed by atoms with Gasteiger partial charge in [0.2, 0.25) is 17.7 Å². The van der Waals surface area contributed by atoms with Crippen LogP contribution in [0.25, 0.3) is 0 Å². The molecule has 3 saturated heterocycles. The number of benzene rings is 3. The van der Waals surface area contributed by atoms with Gasteiger partial charge >= 0.3 is 6.03 Å². The molecule has 3 aromatic carbocycles. The maximum Gasteiger partial charge on any atom is 0.317 e. The first-order chi connectivity index (χ1) is 44.1. The van der Waals surface area contributed by atoms with Gasteiger partial charge in [-0.2, -0.15) is 0 Å². The number of halogens is 1. The number of hydrogen-bond donors (Lipinski definition) is 4. The maximum atomic E-state index is 14.3. The number of piperidine rings is 3. The van der Waals surface area contributed by atoms with Gasteiger partial charge in [0.25, 0.3) is 0 Å². The summed E-state index contributed by atoms with van der Waals surface area (Å²) in [6, 6.07) is 22.9. The second-order valence-electron chi connectivity index (χ2n) is 32.1. The number of nitrogens with one attached hydrogen (secondary N) is 4. The van der Waals surface area contributed by atoms with Crippen LogP contribution in [0.4, 0.5) is 9.18 Å². The Bertz CT molecular complexity index is 2860. The second kappa shape index (κ2) is 34.3. The molecule has 3 heterocycles. The lowest BCUT2D eigenvalue weighted by atomic mass is 9.63. The SMILES string of the molecule is CC(=O)NCCC(=O)N[C@@H]1CCC2(CCN(CCC(C)(C)C)CC2)c2cc(F)ccc21.CCOCCC(=O)N[C@H]1CCC2(CCN(CCC(C)(C)C)CC2)c2ccccc21.COC(C)(C)CCCC(C)CCN1CCC2(CC[C@H](NC(=O)N(C)C)c3ccccc32)CC1.[HH].[HH].[HH].[HH]. The summed E-state index contributed by atoms with van der Waals surface area (Å²) in [4.78, 5) is 57.6. The monoisotopic (exact) mass is 1300 g/mol. The molecule has 0 bridgehead atoms. The van der Waals surface area contributed by atoms with Crippen LogP contribution in [0.3, 0.4) is 0 Å². The second-order valence-corrected chi connectivity index (χ2v) is 32.1. The van der Waals surface area contributed by atoms with Crippen LogP contribution in [-0.2, 0) is 40.1 Å². The Balaban J connectivity index is 0.000000372. The Morgan fingerprint density at radius 1 is 0.602 bits per heavy atom. The van der Waals surface area contributed by atoms with Crippen molar-refractivity contribution in [2.45, 2.75) is 245 Å². The molecule has 0 aromatic heterocycles. The number of ether oxygens (including phenoxy) is 2. The molecule has 4 N–H and O–H groups in total. The number of amides is 5. The fourth-order valence-electron chi connectivity index (χ4n) is 15.6. The smallest absolute Gasteiger partial charge is 0.317 e. The van der Waals surface area contributed by atoms with E-state index in [-0.39, 0.29) is 76.3 Å². The van der Waals surface area contributed by atoms with E-state index >= 15 is 0 Å². The highest BCUT2D eigenvalue weighted by atomic mass is 19.1. The van der Waals surface area contributed by atoms with Gasteiger partial charge in [-0.05, 0) is 261 Å². The van der Waals surface area contributed by atoms with Gasteiger partial charge in [0.1, 0.15) is 5.82 Å². The van der Waals surface area contributed by atoms with Gasteiger partial charge in [-0.25, -0.2) is 9.18 Å². The Hall–Kier alpha value is -4.93. The van der Waals surface area contributed by atoms with E-state index in [1.807, 2.05) is 34.2 Å². The first kappa shape index (κ1) is 75.5. The van der Waals surface area contributed by atoms with E-state index in [1.165, 1.54) is 145 Å². The fourth-order valence-corrected chi connectivity index (χ4v) is 15.6. The highest BCUT2D eigenvalue weighted by molar-refractivity contribution is 5.78. The fraction of sp³-hybridized carbons (Fsp3) is 0.718. The number of carbonyl (C=O) groups excluding carboxylic acids is 4. The number of urea groups is 1. The van der Waals surface area contributed by atoms with Gasteiger partial charge in [0, 0.05) is 59.8 Å². The van der Waals surface area contributed by atoms with Crippen LogP contribution in [0.15, 0.2) is 66.7 Å². The summed E-state index contributed by atoms with van der Waals surface area (Å²) in [7, 11) is 5.43. The van der Waals surface area contributed by atoms with Crippen LogP contribution < -0.4 is 21.3 Å². The lowest BCUT2D eigenvalue weighted by Gasteiger charge is -2.47. The topological polar surface area (TPSA) is 148 Å². The number of rotatable bonds is 22. The average Bonchev–Trinajstić information content (AvgIpc) is 0.768. The molecule has 3 aliphatic carbocycles. The molecule has 3 aliphatic heterocycles. The highest BCUT2D eigenvalue weighted by Crippen LogP contribution is 2.51. The summed E-state index contributed by atoms with van der Waals surface area (Å²) < 4.78 is 25.2. The van der Waals surface area contributed by atoms with Crippen LogP contribution >= 0.6 is 0 Å². The molecule has 5 amide bonds. The van der Waals surface area contributed by atoms with E-state index in [0.29, 0.717) is 42.4 Å². The van der Waals surface area contributed by atoms with Crippen molar-refractivity contribution < 1.29 is 38.7 Å². The Morgan fingerprint density at radius 2 is 1.04 bits per heavy atom. The number of hydrogen-bond acceptors (Lipinski definition) is 9. The van der Waals surface area contributed by atoms with Crippen molar-refractivity contribution in [3.8, 4) is 0 Å². The number of nitrogens with zero attached hydrogens (tertiary/aromatic N) is 4. The van der Waals surface area contributed by atoms with Crippen LogP contribution in [0, 0.1) is 22.6 Å². The van der Waals surface area contributed by atoms with Gasteiger partial charge in [0.05, 0.1) is 30.3 Å². The molecule has 528 valence electrons.